The summed E-state index contributed by atoms with van der Waals surface area (Å²) in [6.45, 7) is 4.46. The van der Waals surface area contributed by atoms with Crippen molar-refractivity contribution in [1.29, 1.82) is 0 Å². The Morgan fingerprint density at radius 3 is 3.20 bits per heavy atom. The Labute approximate surface area is 95.0 Å². The van der Waals surface area contributed by atoms with Gasteiger partial charge in [0, 0.05) is 19.3 Å². The second-order valence-corrected chi connectivity index (χ2v) is 4.21. The highest BCUT2D eigenvalue weighted by molar-refractivity contribution is 6.21. The van der Waals surface area contributed by atoms with E-state index in [2.05, 4.69) is 9.88 Å². The zero-order chi connectivity index (χ0) is 10.7. The molecule has 3 nitrogen and oxygen atoms in total. The van der Waals surface area contributed by atoms with E-state index < -0.39 is 0 Å². The molecule has 0 spiro atoms. The van der Waals surface area contributed by atoms with Crippen LogP contribution >= 0.6 is 11.6 Å². The highest BCUT2D eigenvalue weighted by Gasteiger charge is 2.23. The maximum Gasteiger partial charge on any atom is 0.171 e. The maximum absolute atomic E-state index is 6.08. The van der Waals surface area contributed by atoms with Crippen molar-refractivity contribution in [3.8, 4) is 5.75 Å². The molecule has 1 unspecified atom stereocenters. The van der Waals surface area contributed by atoms with Crippen molar-refractivity contribution in [3.05, 3.63) is 18.3 Å². The lowest BCUT2D eigenvalue weighted by Gasteiger charge is -2.19. The van der Waals surface area contributed by atoms with Crippen LogP contribution in [-0.2, 0) is 0 Å². The first kappa shape index (κ1) is 10.6. The minimum Gasteiger partial charge on any atom is -0.490 e. The molecule has 0 amide bonds. The number of hydrogen-bond acceptors (Lipinski definition) is 3. The number of nitrogens with zero attached hydrogens (tertiary/aromatic N) is 2. The van der Waals surface area contributed by atoms with E-state index in [9.17, 15) is 0 Å². The molecule has 0 aromatic carbocycles. The van der Waals surface area contributed by atoms with Crippen LogP contribution in [0.2, 0.25) is 0 Å². The second-order valence-electron chi connectivity index (χ2n) is 3.59. The number of anilines is 1. The van der Waals surface area contributed by atoms with Crippen molar-refractivity contribution in [2.45, 2.75) is 18.7 Å². The Kier molecular flexibility index (Phi) is 3.31. The minimum atomic E-state index is 0.237. The first-order valence-corrected chi connectivity index (χ1v) is 5.71. The highest BCUT2D eigenvalue weighted by atomic mass is 35.5. The van der Waals surface area contributed by atoms with E-state index in [0.717, 1.165) is 31.1 Å². The second kappa shape index (κ2) is 4.71. The molecule has 2 heterocycles. The monoisotopic (exact) mass is 226 g/mol. The molecule has 0 saturated carbocycles. The Morgan fingerprint density at radius 2 is 2.53 bits per heavy atom. The molecule has 15 heavy (non-hydrogen) atoms. The van der Waals surface area contributed by atoms with E-state index in [4.69, 9.17) is 16.3 Å². The van der Waals surface area contributed by atoms with Gasteiger partial charge in [-0.15, -0.1) is 11.6 Å². The summed E-state index contributed by atoms with van der Waals surface area (Å²) >= 11 is 6.08. The molecule has 1 aliphatic heterocycles. The fourth-order valence-corrected chi connectivity index (χ4v) is 2.06. The van der Waals surface area contributed by atoms with E-state index in [0.29, 0.717) is 6.61 Å². The van der Waals surface area contributed by atoms with Crippen LogP contribution in [0.25, 0.3) is 0 Å². The van der Waals surface area contributed by atoms with Gasteiger partial charge in [0.25, 0.3) is 0 Å². The summed E-state index contributed by atoms with van der Waals surface area (Å²) in [6.07, 6.45) is 2.81. The van der Waals surface area contributed by atoms with Gasteiger partial charge in [-0.1, -0.05) is 0 Å². The van der Waals surface area contributed by atoms with Gasteiger partial charge in [0.1, 0.15) is 0 Å². The number of aromatic nitrogens is 1. The van der Waals surface area contributed by atoms with E-state index >= 15 is 0 Å². The molecule has 2 rings (SSSR count). The smallest absolute Gasteiger partial charge is 0.171 e. The summed E-state index contributed by atoms with van der Waals surface area (Å²) in [5.41, 5.74) is 0. The van der Waals surface area contributed by atoms with Crippen LogP contribution in [0.15, 0.2) is 18.3 Å². The normalized spacial score (nSPS) is 20.7. The molecule has 0 aliphatic carbocycles. The van der Waals surface area contributed by atoms with Crippen LogP contribution in [-0.4, -0.2) is 30.1 Å². The number of rotatable bonds is 3. The van der Waals surface area contributed by atoms with Gasteiger partial charge in [0.2, 0.25) is 0 Å². The lowest BCUT2D eigenvalue weighted by Crippen LogP contribution is -2.21. The van der Waals surface area contributed by atoms with Crippen LogP contribution in [0.1, 0.15) is 13.3 Å². The molecule has 82 valence electrons. The van der Waals surface area contributed by atoms with E-state index in [1.54, 1.807) is 6.20 Å². The first-order chi connectivity index (χ1) is 7.31. The van der Waals surface area contributed by atoms with Gasteiger partial charge in [0.05, 0.1) is 12.0 Å². The molecule has 1 aromatic heterocycles. The number of ether oxygens (including phenoxy) is 1. The average Bonchev–Trinajstić information content (AvgIpc) is 2.66. The van der Waals surface area contributed by atoms with E-state index in [-0.39, 0.29) is 5.38 Å². The fraction of sp³-hybridized carbons (Fsp3) is 0.545. The summed E-state index contributed by atoms with van der Waals surface area (Å²) < 4.78 is 5.54. The molecule has 0 N–H and O–H groups in total. The largest absolute Gasteiger partial charge is 0.490 e. The molecule has 1 fully saturated rings. The van der Waals surface area contributed by atoms with Gasteiger partial charge >= 0.3 is 0 Å². The Morgan fingerprint density at radius 1 is 1.67 bits per heavy atom. The maximum atomic E-state index is 6.08. The van der Waals surface area contributed by atoms with Crippen LogP contribution in [0.5, 0.6) is 5.75 Å². The third-order valence-electron chi connectivity index (χ3n) is 2.48. The quantitative estimate of drug-likeness (QED) is 0.740. The molecule has 1 atom stereocenters. The summed E-state index contributed by atoms with van der Waals surface area (Å²) in [4.78, 5) is 6.54. The highest BCUT2D eigenvalue weighted by Crippen LogP contribution is 2.29. The molecule has 0 radical (unpaired) electrons. The topological polar surface area (TPSA) is 25.4 Å². The molecule has 1 aromatic rings. The zero-order valence-corrected chi connectivity index (χ0v) is 9.57. The summed E-state index contributed by atoms with van der Waals surface area (Å²) in [7, 11) is 0. The lowest BCUT2D eigenvalue weighted by atomic mass is 10.4. The molecule has 1 aliphatic rings. The number of halogens is 1. The number of alkyl halides is 1. The third-order valence-corrected chi connectivity index (χ3v) is 2.84. The average molecular weight is 227 g/mol. The van der Waals surface area contributed by atoms with Crippen molar-refractivity contribution >= 4 is 17.4 Å². The van der Waals surface area contributed by atoms with Crippen molar-refractivity contribution in [2.75, 3.05) is 24.6 Å². The van der Waals surface area contributed by atoms with Gasteiger partial charge in [-0.05, 0) is 25.5 Å². The molecule has 0 bridgehead atoms. The summed E-state index contributed by atoms with van der Waals surface area (Å²) in [5.74, 6) is 1.77. The first-order valence-electron chi connectivity index (χ1n) is 5.28. The van der Waals surface area contributed by atoms with Gasteiger partial charge in [0.15, 0.2) is 11.6 Å². The summed E-state index contributed by atoms with van der Waals surface area (Å²) in [5, 5.41) is 0.237. The Bertz CT molecular complexity index is 332. The SMILES string of the molecule is CCOc1cccnc1N1CCC(Cl)C1. The van der Waals surface area contributed by atoms with Crippen LogP contribution in [0.4, 0.5) is 5.82 Å². The standard InChI is InChI=1S/C11H15ClN2O/c1-2-15-10-4-3-6-13-11(10)14-7-5-9(12)8-14/h3-4,6,9H,2,5,7-8H2,1H3. The lowest BCUT2D eigenvalue weighted by molar-refractivity contribution is 0.339. The van der Waals surface area contributed by atoms with E-state index in [1.807, 2.05) is 19.1 Å². The van der Waals surface area contributed by atoms with Gasteiger partial charge in [-0.25, -0.2) is 4.98 Å². The van der Waals surface area contributed by atoms with Gasteiger partial charge < -0.3 is 9.64 Å². The molecular formula is C11H15ClN2O. The van der Waals surface area contributed by atoms with Crippen LogP contribution < -0.4 is 9.64 Å². The molecular weight excluding hydrogens is 212 g/mol. The van der Waals surface area contributed by atoms with Crippen LogP contribution in [0, 0.1) is 0 Å². The van der Waals surface area contributed by atoms with E-state index in [1.165, 1.54) is 0 Å². The van der Waals surface area contributed by atoms with Gasteiger partial charge in [-0.3, -0.25) is 0 Å². The number of pyridine rings is 1. The Balaban J connectivity index is 2.19. The number of hydrogen-bond donors (Lipinski definition) is 0. The van der Waals surface area contributed by atoms with Crippen molar-refractivity contribution in [2.24, 2.45) is 0 Å². The van der Waals surface area contributed by atoms with Gasteiger partial charge in [-0.2, -0.15) is 0 Å². The predicted molar refractivity (Wildman–Crippen MR) is 61.9 cm³/mol. The Hall–Kier alpha value is -0.960. The van der Waals surface area contributed by atoms with Crippen molar-refractivity contribution in [3.63, 3.8) is 0 Å². The van der Waals surface area contributed by atoms with Crippen LogP contribution in [0.3, 0.4) is 0 Å². The molecule has 1 saturated heterocycles. The molecule has 4 heteroatoms. The fourth-order valence-electron chi connectivity index (χ4n) is 1.80. The predicted octanol–water partition coefficient (Wildman–Crippen LogP) is 2.30. The van der Waals surface area contributed by atoms with Crippen molar-refractivity contribution in [1.82, 2.24) is 4.98 Å². The summed E-state index contributed by atoms with van der Waals surface area (Å²) in [6, 6.07) is 3.84. The minimum absolute atomic E-state index is 0.237. The third kappa shape index (κ3) is 2.34. The zero-order valence-electron chi connectivity index (χ0n) is 8.82. The van der Waals surface area contributed by atoms with Crippen molar-refractivity contribution < 1.29 is 4.74 Å².